The van der Waals surface area contributed by atoms with Crippen LogP contribution in [-0.2, 0) is 41.7 Å². The number of ether oxygens (including phenoxy) is 2. The normalized spacial score (nSPS) is 17.2. The van der Waals surface area contributed by atoms with Gasteiger partial charge in [-0.3, -0.25) is 19.2 Å². The van der Waals surface area contributed by atoms with E-state index in [2.05, 4.69) is 35.6 Å². The molecule has 0 spiro atoms. The maximum Gasteiger partial charge on any atom is 0.407 e. The largest absolute Gasteiger partial charge is 0.453 e. The highest BCUT2D eigenvalue weighted by molar-refractivity contribution is 5.99. The fourth-order valence-electron chi connectivity index (χ4n) is 6.94. The number of carbonyl (C=O) groups excluding carboxylic acids is 6. The summed E-state index contributed by atoms with van der Waals surface area (Å²) in [6.07, 6.45) is 0.355. The lowest BCUT2D eigenvalue weighted by molar-refractivity contribution is -0.139. The van der Waals surface area contributed by atoms with Crippen molar-refractivity contribution in [3.8, 4) is 0 Å². The van der Waals surface area contributed by atoms with Crippen molar-refractivity contribution in [3.63, 3.8) is 0 Å². The molecule has 0 radical (unpaired) electrons. The first-order valence-electron chi connectivity index (χ1n) is 18.7. The molecule has 2 aliphatic heterocycles. The summed E-state index contributed by atoms with van der Waals surface area (Å²) in [5, 5.41) is 29.7. The van der Waals surface area contributed by atoms with Gasteiger partial charge in [0.2, 0.25) is 23.6 Å². The number of benzene rings is 3. The van der Waals surface area contributed by atoms with Crippen LogP contribution in [0.5, 0.6) is 0 Å². The fraction of sp³-hybridized carbons (Fsp3) is 0.400. The zero-order valence-electron chi connectivity index (χ0n) is 31.9. The molecule has 304 valence electrons. The molecular formula is C40H49N7O10. The van der Waals surface area contributed by atoms with Crippen LogP contribution in [0.25, 0.3) is 0 Å². The molecular weight excluding hydrogens is 738 g/mol. The van der Waals surface area contributed by atoms with Crippen LogP contribution in [0, 0.1) is 0 Å². The predicted molar refractivity (Wildman–Crippen MR) is 209 cm³/mol. The Morgan fingerprint density at radius 1 is 0.649 bits per heavy atom. The Morgan fingerprint density at radius 3 is 1.42 bits per heavy atom. The number of para-hydroxylation sites is 1. The smallest absolute Gasteiger partial charge is 0.407 e. The van der Waals surface area contributed by atoms with E-state index in [0.717, 1.165) is 31.0 Å². The molecule has 0 bridgehead atoms. The van der Waals surface area contributed by atoms with Gasteiger partial charge >= 0.3 is 12.2 Å². The Labute approximate surface area is 330 Å². The van der Waals surface area contributed by atoms with Crippen molar-refractivity contribution in [1.82, 2.24) is 20.4 Å². The minimum Gasteiger partial charge on any atom is -0.453 e. The Morgan fingerprint density at radius 2 is 1.05 bits per heavy atom. The quantitative estimate of drug-likeness (QED) is 0.131. The van der Waals surface area contributed by atoms with Gasteiger partial charge in [0.1, 0.15) is 24.2 Å². The molecule has 2 saturated heterocycles. The molecule has 4 unspecified atom stereocenters. The zero-order chi connectivity index (χ0) is 40.9. The standard InChI is InChI=1S/C40H49N7O10/c1-56-39(54)43-31(24-48)37(52)46-20-6-10-33(46)35(50)41-28-16-12-26(13-17-28)22-45(30-8-4-3-5-9-30)23-27-14-18-29(19-15-27)42-36(51)34-11-7-21-47(34)38(53)32(25-49)44-40(55)57-2/h3-5,8-9,12-19,31-34,48-49H,6-7,10-11,20-25H2,1-2H3,(H,41,50)(H,42,51)(H,43,54)(H,44,55). The van der Waals surface area contributed by atoms with E-state index in [-0.39, 0.29) is 11.8 Å². The van der Waals surface area contributed by atoms with E-state index in [0.29, 0.717) is 63.2 Å². The van der Waals surface area contributed by atoms with Gasteiger partial charge in [-0.2, -0.15) is 0 Å². The Kier molecular flexibility index (Phi) is 14.8. The second-order valence-electron chi connectivity index (χ2n) is 13.7. The molecule has 2 aliphatic rings. The monoisotopic (exact) mass is 787 g/mol. The number of methoxy groups -OCH3 is 2. The van der Waals surface area contributed by atoms with Crippen LogP contribution < -0.4 is 26.2 Å². The molecule has 6 N–H and O–H groups in total. The highest BCUT2D eigenvalue weighted by Crippen LogP contribution is 2.25. The summed E-state index contributed by atoms with van der Waals surface area (Å²) < 4.78 is 9.08. The van der Waals surface area contributed by atoms with Crippen molar-refractivity contribution in [2.45, 2.75) is 62.9 Å². The molecule has 17 heteroatoms. The number of amides is 6. The molecule has 3 aromatic rings. The number of carbonyl (C=O) groups is 6. The van der Waals surface area contributed by atoms with Gasteiger partial charge in [-0.15, -0.1) is 0 Å². The second-order valence-corrected chi connectivity index (χ2v) is 13.7. The van der Waals surface area contributed by atoms with E-state index in [1.165, 1.54) is 9.80 Å². The van der Waals surface area contributed by atoms with E-state index in [1.54, 1.807) is 24.3 Å². The topological polar surface area (TPSA) is 219 Å². The van der Waals surface area contributed by atoms with Crippen LogP contribution in [0.3, 0.4) is 0 Å². The van der Waals surface area contributed by atoms with Crippen LogP contribution >= 0.6 is 0 Å². The summed E-state index contributed by atoms with van der Waals surface area (Å²) in [4.78, 5) is 80.9. The summed E-state index contributed by atoms with van der Waals surface area (Å²) in [6.45, 7) is 0.415. The SMILES string of the molecule is COC(=O)NC(CO)C(=O)N1CCCC1C(=O)Nc1ccc(CN(Cc2ccc(NC(=O)C3CCCN3C(=O)C(CO)NC(=O)OC)cc2)c2ccccc2)cc1. The lowest BCUT2D eigenvalue weighted by atomic mass is 10.1. The Hall–Kier alpha value is -6.20. The maximum absolute atomic E-state index is 13.3. The number of alkyl carbamates (subject to hydrolysis) is 2. The number of aliphatic hydroxyl groups excluding tert-OH is 2. The van der Waals surface area contributed by atoms with Crippen molar-refractivity contribution < 1.29 is 48.5 Å². The van der Waals surface area contributed by atoms with Gasteiger partial charge in [-0.1, -0.05) is 42.5 Å². The summed E-state index contributed by atoms with van der Waals surface area (Å²) in [7, 11) is 2.31. The third-order valence-corrected chi connectivity index (χ3v) is 9.90. The van der Waals surface area contributed by atoms with Gasteiger partial charge in [-0.05, 0) is 73.2 Å². The molecule has 3 aromatic carbocycles. The number of aliphatic hydroxyl groups is 2. The van der Waals surface area contributed by atoms with Crippen molar-refractivity contribution >= 4 is 52.9 Å². The van der Waals surface area contributed by atoms with Crippen molar-refractivity contribution in [1.29, 1.82) is 0 Å². The summed E-state index contributed by atoms with van der Waals surface area (Å²) >= 11 is 0. The second kappa shape index (κ2) is 20.1. The lowest BCUT2D eigenvalue weighted by Gasteiger charge is -2.28. The maximum atomic E-state index is 13.3. The van der Waals surface area contributed by atoms with Gasteiger partial charge in [0.15, 0.2) is 0 Å². The molecule has 17 nitrogen and oxygen atoms in total. The van der Waals surface area contributed by atoms with Crippen molar-refractivity contribution in [2.75, 3.05) is 56.1 Å². The molecule has 2 heterocycles. The third-order valence-electron chi connectivity index (χ3n) is 9.90. The van der Waals surface area contributed by atoms with Crippen LogP contribution in [0.4, 0.5) is 26.7 Å². The first kappa shape index (κ1) is 42.0. The van der Waals surface area contributed by atoms with Crippen molar-refractivity contribution in [2.24, 2.45) is 0 Å². The molecule has 2 fully saturated rings. The summed E-state index contributed by atoms with van der Waals surface area (Å²) in [5.74, 6) is -1.87. The van der Waals surface area contributed by atoms with Crippen LogP contribution in [0.1, 0.15) is 36.8 Å². The van der Waals surface area contributed by atoms with Gasteiger partial charge in [0.05, 0.1) is 27.4 Å². The number of likely N-dealkylation sites (tertiary alicyclic amines) is 2. The number of nitrogens with zero attached hydrogens (tertiary/aromatic N) is 3. The molecule has 0 aromatic heterocycles. The van der Waals surface area contributed by atoms with Gasteiger partial charge in [-0.25, -0.2) is 9.59 Å². The summed E-state index contributed by atoms with van der Waals surface area (Å²) in [6, 6.07) is 20.7. The fourth-order valence-corrected chi connectivity index (χ4v) is 6.94. The number of hydrogen-bond donors (Lipinski definition) is 6. The number of nitrogens with one attached hydrogen (secondary N) is 4. The Bertz CT molecular complexity index is 1750. The van der Waals surface area contributed by atoms with Crippen LogP contribution in [-0.4, -0.2) is 121 Å². The lowest BCUT2D eigenvalue weighted by Crippen LogP contribution is -2.53. The number of anilines is 3. The first-order chi connectivity index (χ1) is 27.5. The molecule has 4 atom stereocenters. The minimum atomic E-state index is -1.23. The van der Waals surface area contributed by atoms with Gasteiger partial charge < -0.3 is 55.7 Å². The Balaban J connectivity index is 1.19. The number of rotatable bonds is 15. The van der Waals surface area contributed by atoms with Gasteiger partial charge in [0.25, 0.3) is 0 Å². The van der Waals surface area contributed by atoms with Crippen LogP contribution in [0.2, 0.25) is 0 Å². The van der Waals surface area contributed by atoms with E-state index in [4.69, 9.17) is 0 Å². The van der Waals surface area contributed by atoms with E-state index >= 15 is 0 Å². The molecule has 5 rings (SSSR count). The molecule has 0 saturated carbocycles. The van der Waals surface area contributed by atoms with E-state index < -0.39 is 61.4 Å². The third kappa shape index (κ3) is 11.0. The molecule has 6 amide bonds. The van der Waals surface area contributed by atoms with E-state index in [1.807, 2.05) is 54.6 Å². The number of hydrogen-bond acceptors (Lipinski definition) is 11. The molecule has 0 aliphatic carbocycles. The zero-order valence-corrected chi connectivity index (χ0v) is 31.9. The highest BCUT2D eigenvalue weighted by Gasteiger charge is 2.39. The average Bonchev–Trinajstić information content (AvgIpc) is 3.94. The highest BCUT2D eigenvalue weighted by atomic mass is 16.5. The van der Waals surface area contributed by atoms with Gasteiger partial charge in [0, 0.05) is 43.2 Å². The van der Waals surface area contributed by atoms with Crippen molar-refractivity contribution in [3.05, 3.63) is 90.0 Å². The minimum absolute atomic E-state index is 0.314. The average molecular weight is 788 g/mol. The first-order valence-corrected chi connectivity index (χ1v) is 18.7. The van der Waals surface area contributed by atoms with E-state index in [9.17, 15) is 39.0 Å². The predicted octanol–water partition coefficient (Wildman–Crippen LogP) is 2.19. The summed E-state index contributed by atoms with van der Waals surface area (Å²) in [5.41, 5.74) is 4.02. The molecule has 57 heavy (non-hydrogen) atoms. The van der Waals surface area contributed by atoms with Crippen LogP contribution in [0.15, 0.2) is 78.9 Å².